The Bertz CT molecular complexity index is 931. The molecule has 0 unspecified atom stereocenters. The number of hydrogen-bond acceptors (Lipinski definition) is 3. The average Bonchev–Trinajstić information content (AvgIpc) is 2.65. The van der Waals surface area contributed by atoms with Crippen LogP contribution in [-0.2, 0) is 6.42 Å². The van der Waals surface area contributed by atoms with Crippen molar-refractivity contribution in [3.05, 3.63) is 75.4 Å². The van der Waals surface area contributed by atoms with E-state index < -0.39 is 6.10 Å². The summed E-state index contributed by atoms with van der Waals surface area (Å²) in [7, 11) is 0. The van der Waals surface area contributed by atoms with Gasteiger partial charge in [-0.25, -0.2) is 4.79 Å². The fourth-order valence-electron chi connectivity index (χ4n) is 2.74. The first kappa shape index (κ1) is 19.6. The summed E-state index contributed by atoms with van der Waals surface area (Å²) < 4.78 is 0.777. The van der Waals surface area contributed by atoms with Crippen molar-refractivity contribution in [2.75, 3.05) is 13.1 Å². The number of aliphatic hydroxyl groups is 1. The maximum atomic E-state index is 11.9. The number of aliphatic hydroxyl groups excluding tert-OH is 1. The van der Waals surface area contributed by atoms with Gasteiger partial charge in [0.15, 0.2) is 0 Å². The number of aromatic nitrogens is 1. The van der Waals surface area contributed by atoms with Gasteiger partial charge in [-0.1, -0.05) is 39.7 Å². The lowest BCUT2D eigenvalue weighted by Gasteiger charge is -2.14. The molecule has 1 aromatic heterocycles. The fraction of sp³-hybridized carbons (Fsp3) is 0.200. The van der Waals surface area contributed by atoms with Crippen LogP contribution in [0.5, 0.6) is 0 Å². The molecule has 7 heteroatoms. The van der Waals surface area contributed by atoms with Gasteiger partial charge in [-0.3, -0.25) is 4.98 Å². The van der Waals surface area contributed by atoms with Crippen LogP contribution in [0.3, 0.4) is 0 Å². The van der Waals surface area contributed by atoms with Crippen molar-refractivity contribution in [2.45, 2.75) is 12.5 Å². The van der Waals surface area contributed by atoms with Gasteiger partial charge in [-0.15, -0.1) is 0 Å². The molecule has 27 heavy (non-hydrogen) atoms. The topological polar surface area (TPSA) is 74.2 Å². The first-order valence-electron chi connectivity index (χ1n) is 8.51. The number of carbonyl (C=O) groups is 1. The van der Waals surface area contributed by atoms with E-state index >= 15 is 0 Å². The van der Waals surface area contributed by atoms with E-state index in [-0.39, 0.29) is 12.6 Å². The number of pyridine rings is 1. The molecule has 0 aliphatic carbocycles. The summed E-state index contributed by atoms with van der Waals surface area (Å²) in [6.07, 6.45) is 1.64. The molecule has 5 nitrogen and oxygen atoms in total. The third-order valence-corrected chi connectivity index (χ3v) is 4.77. The molecular formula is C20H19BrClN3O2. The van der Waals surface area contributed by atoms with Crippen molar-refractivity contribution in [1.82, 2.24) is 15.6 Å². The van der Waals surface area contributed by atoms with Crippen LogP contribution >= 0.6 is 27.5 Å². The molecule has 3 N–H and O–H groups in total. The number of halogens is 2. The highest BCUT2D eigenvalue weighted by Gasteiger charge is 2.11. The van der Waals surface area contributed by atoms with Crippen LogP contribution in [0.4, 0.5) is 4.79 Å². The molecule has 0 bridgehead atoms. The number of carbonyl (C=O) groups excluding carboxylic acids is 1. The molecule has 0 saturated carbocycles. The van der Waals surface area contributed by atoms with Gasteiger partial charge in [0.05, 0.1) is 11.6 Å². The van der Waals surface area contributed by atoms with Gasteiger partial charge in [0.2, 0.25) is 0 Å². The molecule has 3 aromatic rings. The molecule has 0 aliphatic rings. The van der Waals surface area contributed by atoms with Crippen LogP contribution < -0.4 is 10.6 Å². The maximum absolute atomic E-state index is 11.9. The highest BCUT2D eigenvalue weighted by atomic mass is 79.9. The van der Waals surface area contributed by atoms with Gasteiger partial charge in [0, 0.05) is 34.2 Å². The van der Waals surface area contributed by atoms with Crippen LogP contribution in [0.2, 0.25) is 5.02 Å². The zero-order valence-electron chi connectivity index (χ0n) is 14.5. The summed E-state index contributed by atoms with van der Waals surface area (Å²) in [5.74, 6) is 0. The van der Waals surface area contributed by atoms with E-state index in [2.05, 4.69) is 37.6 Å². The lowest BCUT2D eigenvalue weighted by molar-refractivity contribution is 0.173. The monoisotopic (exact) mass is 447 g/mol. The number of fused-ring (bicyclic) bond motifs is 1. The molecule has 1 atom stereocenters. The van der Waals surface area contributed by atoms with Crippen molar-refractivity contribution < 1.29 is 9.90 Å². The smallest absolute Gasteiger partial charge is 0.314 e. The Morgan fingerprint density at radius 3 is 2.85 bits per heavy atom. The molecule has 2 amide bonds. The standard InChI is InChI=1S/C20H19BrClN3O2/c21-16-9-15(10-17(22)11-16)19(26)12-25-20(27)24-7-5-13-3-4-18-14(8-13)2-1-6-23-18/h1-4,6,8-11,19,26H,5,7,12H2,(H2,24,25,27)/t19-/m0/s1. The first-order valence-corrected chi connectivity index (χ1v) is 9.68. The summed E-state index contributed by atoms with van der Waals surface area (Å²) in [5, 5.41) is 17.3. The summed E-state index contributed by atoms with van der Waals surface area (Å²) in [6, 6.07) is 14.8. The second-order valence-electron chi connectivity index (χ2n) is 6.14. The van der Waals surface area contributed by atoms with Crippen molar-refractivity contribution in [1.29, 1.82) is 0 Å². The normalized spacial score (nSPS) is 12.0. The summed E-state index contributed by atoms with van der Waals surface area (Å²) in [4.78, 5) is 16.2. The molecule has 3 rings (SSSR count). The number of nitrogens with zero attached hydrogens (tertiary/aromatic N) is 1. The maximum Gasteiger partial charge on any atom is 0.314 e. The minimum Gasteiger partial charge on any atom is -0.387 e. The molecule has 1 heterocycles. The van der Waals surface area contributed by atoms with Gasteiger partial charge in [-0.05, 0) is 53.9 Å². The van der Waals surface area contributed by atoms with E-state index in [1.807, 2.05) is 24.3 Å². The van der Waals surface area contributed by atoms with Gasteiger partial charge in [-0.2, -0.15) is 0 Å². The minimum absolute atomic E-state index is 0.0975. The number of urea groups is 1. The SMILES string of the molecule is O=C(NCCc1ccc2ncccc2c1)NC[C@H](O)c1cc(Cl)cc(Br)c1. The Labute approximate surface area is 170 Å². The molecular weight excluding hydrogens is 430 g/mol. The quantitative estimate of drug-likeness (QED) is 0.528. The molecule has 0 spiro atoms. The molecule has 140 valence electrons. The van der Waals surface area contributed by atoms with Crippen molar-refractivity contribution in [2.24, 2.45) is 0 Å². The summed E-state index contributed by atoms with van der Waals surface area (Å²) in [6.45, 7) is 0.594. The highest BCUT2D eigenvalue weighted by molar-refractivity contribution is 9.10. The Morgan fingerprint density at radius 1 is 1.19 bits per heavy atom. The third kappa shape index (κ3) is 5.66. The van der Waals surface area contributed by atoms with E-state index in [1.54, 1.807) is 24.4 Å². The molecule has 2 aromatic carbocycles. The zero-order valence-corrected chi connectivity index (χ0v) is 16.8. The summed E-state index contributed by atoms with van der Waals surface area (Å²) >= 11 is 9.31. The van der Waals surface area contributed by atoms with Crippen LogP contribution in [-0.4, -0.2) is 29.2 Å². The largest absolute Gasteiger partial charge is 0.387 e. The van der Waals surface area contributed by atoms with E-state index in [4.69, 9.17) is 11.6 Å². The van der Waals surface area contributed by atoms with Crippen LogP contribution in [0.15, 0.2) is 59.2 Å². The predicted octanol–water partition coefficient (Wildman–Crippen LogP) is 4.23. The second-order valence-corrected chi connectivity index (χ2v) is 7.49. The van der Waals surface area contributed by atoms with E-state index in [0.717, 1.165) is 20.9 Å². The van der Waals surface area contributed by atoms with E-state index in [1.165, 1.54) is 0 Å². The Morgan fingerprint density at radius 2 is 2.04 bits per heavy atom. The number of rotatable bonds is 6. The van der Waals surface area contributed by atoms with Gasteiger partial charge in [0.25, 0.3) is 0 Å². The first-order chi connectivity index (χ1) is 13.0. The van der Waals surface area contributed by atoms with Crippen molar-refractivity contribution >= 4 is 44.5 Å². The van der Waals surface area contributed by atoms with Crippen LogP contribution in [0, 0.1) is 0 Å². The lowest BCUT2D eigenvalue weighted by Crippen LogP contribution is -2.38. The molecule has 0 radical (unpaired) electrons. The van der Waals surface area contributed by atoms with Crippen LogP contribution in [0.1, 0.15) is 17.2 Å². The zero-order chi connectivity index (χ0) is 19.2. The fourth-order valence-corrected chi connectivity index (χ4v) is 3.62. The van der Waals surface area contributed by atoms with Gasteiger partial charge in [0.1, 0.15) is 0 Å². The average molecular weight is 449 g/mol. The number of benzene rings is 2. The van der Waals surface area contributed by atoms with Gasteiger partial charge < -0.3 is 15.7 Å². The third-order valence-electron chi connectivity index (χ3n) is 4.09. The van der Waals surface area contributed by atoms with Crippen LogP contribution in [0.25, 0.3) is 10.9 Å². The second kappa shape index (κ2) is 9.17. The predicted molar refractivity (Wildman–Crippen MR) is 111 cm³/mol. The Hall–Kier alpha value is -2.15. The van der Waals surface area contributed by atoms with E-state index in [0.29, 0.717) is 23.6 Å². The molecule has 0 saturated heterocycles. The number of amides is 2. The Kier molecular flexibility index (Phi) is 6.66. The van der Waals surface area contributed by atoms with Crippen molar-refractivity contribution in [3.63, 3.8) is 0 Å². The van der Waals surface area contributed by atoms with E-state index in [9.17, 15) is 9.90 Å². The minimum atomic E-state index is -0.835. The highest BCUT2D eigenvalue weighted by Crippen LogP contribution is 2.23. The number of hydrogen-bond donors (Lipinski definition) is 3. The van der Waals surface area contributed by atoms with Crippen molar-refractivity contribution in [3.8, 4) is 0 Å². The van der Waals surface area contributed by atoms with Gasteiger partial charge >= 0.3 is 6.03 Å². The Balaban J connectivity index is 1.45. The lowest BCUT2D eigenvalue weighted by atomic mass is 10.1. The molecule has 0 fully saturated rings. The summed E-state index contributed by atoms with van der Waals surface area (Å²) in [5.41, 5.74) is 2.72. The number of nitrogens with one attached hydrogen (secondary N) is 2. The molecule has 0 aliphatic heterocycles.